The molecule has 0 aromatic carbocycles. The molecular formula is C12H25N3O2. The minimum Gasteiger partial charge on any atom is -0.355 e. The highest BCUT2D eigenvalue weighted by molar-refractivity contribution is 5.82. The van der Waals surface area contributed by atoms with Gasteiger partial charge in [-0.15, -0.1) is 0 Å². The van der Waals surface area contributed by atoms with Crippen LogP contribution >= 0.6 is 0 Å². The molecule has 5 heteroatoms. The fourth-order valence-corrected chi connectivity index (χ4v) is 1.11. The Kier molecular flexibility index (Phi) is 7.54. The summed E-state index contributed by atoms with van der Waals surface area (Å²) in [6.45, 7) is 10.2. The van der Waals surface area contributed by atoms with E-state index in [0.29, 0.717) is 19.5 Å². The smallest absolute Gasteiger partial charge is 0.225 e. The molecule has 0 aromatic rings. The molecule has 0 unspecified atom stereocenters. The molecule has 2 amide bonds. The number of carbonyl (C=O) groups is 2. The predicted octanol–water partition coefficient (Wildman–Crippen LogP) is 0.265. The molecule has 0 rings (SSSR count). The van der Waals surface area contributed by atoms with E-state index in [1.807, 2.05) is 27.7 Å². The Balaban J connectivity index is 3.55. The maximum absolute atomic E-state index is 11.5. The van der Waals surface area contributed by atoms with E-state index in [9.17, 15) is 9.59 Å². The van der Waals surface area contributed by atoms with Gasteiger partial charge in [-0.3, -0.25) is 9.59 Å². The number of likely N-dealkylation sites (N-methyl/N-ethyl adjacent to an activating group) is 1. The molecule has 0 aliphatic rings. The van der Waals surface area contributed by atoms with Crippen molar-refractivity contribution in [3.05, 3.63) is 0 Å². The summed E-state index contributed by atoms with van der Waals surface area (Å²) in [4.78, 5) is 22.8. The van der Waals surface area contributed by atoms with Gasteiger partial charge < -0.3 is 16.0 Å². The van der Waals surface area contributed by atoms with E-state index in [1.165, 1.54) is 0 Å². The van der Waals surface area contributed by atoms with Crippen LogP contribution in [-0.4, -0.2) is 38.0 Å². The number of rotatable bonds is 7. The fraction of sp³-hybridized carbons (Fsp3) is 0.833. The molecule has 0 saturated heterocycles. The fourth-order valence-electron chi connectivity index (χ4n) is 1.11. The minimum absolute atomic E-state index is 0.0297. The van der Waals surface area contributed by atoms with E-state index in [4.69, 9.17) is 0 Å². The Morgan fingerprint density at radius 1 is 1.00 bits per heavy atom. The molecule has 5 nitrogen and oxygen atoms in total. The summed E-state index contributed by atoms with van der Waals surface area (Å²) in [5.74, 6) is -0.0601. The number of hydrogen-bond donors (Lipinski definition) is 3. The summed E-state index contributed by atoms with van der Waals surface area (Å²) in [7, 11) is 0. The first-order chi connectivity index (χ1) is 7.88. The first kappa shape index (κ1) is 15.9. The molecular weight excluding hydrogens is 218 g/mol. The summed E-state index contributed by atoms with van der Waals surface area (Å²) in [6.07, 6.45) is 0.327. The molecule has 0 saturated carbocycles. The zero-order chi connectivity index (χ0) is 13.3. The Hall–Kier alpha value is -1.10. The van der Waals surface area contributed by atoms with E-state index in [1.54, 1.807) is 0 Å². The van der Waals surface area contributed by atoms with Crippen LogP contribution < -0.4 is 16.0 Å². The van der Waals surface area contributed by atoms with Crippen molar-refractivity contribution in [1.29, 1.82) is 0 Å². The molecule has 0 aliphatic heterocycles. The summed E-state index contributed by atoms with van der Waals surface area (Å²) in [6, 6.07) is 0. The molecule has 0 radical (unpaired) electrons. The number of carbonyl (C=O) groups excluding carboxylic acids is 2. The second kappa shape index (κ2) is 8.06. The monoisotopic (exact) mass is 243 g/mol. The van der Waals surface area contributed by atoms with Crippen molar-refractivity contribution in [2.24, 2.45) is 5.41 Å². The number of amides is 2. The van der Waals surface area contributed by atoms with Gasteiger partial charge in [0.1, 0.15) is 0 Å². The maximum atomic E-state index is 11.5. The molecule has 100 valence electrons. The highest BCUT2D eigenvalue weighted by Gasteiger charge is 2.20. The van der Waals surface area contributed by atoms with Crippen LogP contribution in [0.25, 0.3) is 0 Å². The average Bonchev–Trinajstić information content (AvgIpc) is 2.23. The largest absolute Gasteiger partial charge is 0.355 e. The second-order valence-electron chi connectivity index (χ2n) is 4.96. The highest BCUT2D eigenvalue weighted by atomic mass is 16.2. The third kappa shape index (κ3) is 8.68. The summed E-state index contributed by atoms with van der Waals surface area (Å²) < 4.78 is 0. The highest BCUT2D eigenvalue weighted by Crippen LogP contribution is 2.11. The van der Waals surface area contributed by atoms with Gasteiger partial charge in [-0.2, -0.15) is 0 Å². The van der Waals surface area contributed by atoms with E-state index in [0.717, 1.165) is 13.1 Å². The molecule has 0 fully saturated rings. The van der Waals surface area contributed by atoms with Gasteiger partial charge in [-0.05, 0) is 6.54 Å². The molecule has 0 aliphatic carbocycles. The zero-order valence-corrected chi connectivity index (χ0v) is 11.4. The van der Waals surface area contributed by atoms with Gasteiger partial charge in [0.25, 0.3) is 0 Å². The molecule has 0 spiro atoms. The van der Waals surface area contributed by atoms with Crippen LogP contribution in [0.3, 0.4) is 0 Å². The maximum Gasteiger partial charge on any atom is 0.225 e. The van der Waals surface area contributed by atoms with Crippen molar-refractivity contribution in [2.45, 2.75) is 34.1 Å². The lowest BCUT2D eigenvalue weighted by molar-refractivity contribution is -0.128. The molecule has 0 heterocycles. The van der Waals surface area contributed by atoms with Crippen molar-refractivity contribution >= 4 is 11.8 Å². The van der Waals surface area contributed by atoms with Crippen molar-refractivity contribution in [3.8, 4) is 0 Å². The summed E-state index contributed by atoms with van der Waals surface area (Å²) in [5, 5.41) is 8.63. The quantitative estimate of drug-likeness (QED) is 0.562. The number of hydrogen-bond acceptors (Lipinski definition) is 3. The van der Waals surface area contributed by atoms with E-state index in [2.05, 4.69) is 16.0 Å². The van der Waals surface area contributed by atoms with Gasteiger partial charge in [0.15, 0.2) is 0 Å². The molecule has 3 N–H and O–H groups in total. The van der Waals surface area contributed by atoms with Gasteiger partial charge in [-0.1, -0.05) is 27.7 Å². The van der Waals surface area contributed by atoms with Crippen molar-refractivity contribution in [3.63, 3.8) is 0 Å². The first-order valence-electron chi connectivity index (χ1n) is 6.13. The predicted molar refractivity (Wildman–Crippen MR) is 68.6 cm³/mol. The van der Waals surface area contributed by atoms with Crippen LogP contribution in [0.15, 0.2) is 0 Å². The Bertz CT molecular complexity index is 247. The van der Waals surface area contributed by atoms with E-state index < -0.39 is 5.41 Å². The van der Waals surface area contributed by atoms with Crippen molar-refractivity contribution < 1.29 is 9.59 Å². The topological polar surface area (TPSA) is 70.2 Å². The Morgan fingerprint density at radius 3 is 2.18 bits per heavy atom. The molecule has 0 bridgehead atoms. The van der Waals surface area contributed by atoms with Crippen LogP contribution in [0, 0.1) is 5.41 Å². The zero-order valence-electron chi connectivity index (χ0n) is 11.4. The lowest BCUT2D eigenvalue weighted by Crippen LogP contribution is -2.38. The van der Waals surface area contributed by atoms with Crippen LogP contribution in [-0.2, 0) is 9.59 Å². The third-order valence-electron chi connectivity index (χ3n) is 2.19. The lowest BCUT2D eigenvalue weighted by Gasteiger charge is -2.17. The standard InChI is InChI=1S/C12H25N3O2/c1-5-13-8-9-14-10(16)6-7-15-11(17)12(2,3)4/h13H,5-9H2,1-4H3,(H,14,16)(H,15,17). The van der Waals surface area contributed by atoms with Gasteiger partial charge in [-0.25, -0.2) is 0 Å². The van der Waals surface area contributed by atoms with Gasteiger partial charge >= 0.3 is 0 Å². The van der Waals surface area contributed by atoms with Crippen molar-refractivity contribution in [1.82, 2.24) is 16.0 Å². The lowest BCUT2D eigenvalue weighted by atomic mass is 9.96. The van der Waals surface area contributed by atoms with E-state index in [-0.39, 0.29) is 11.8 Å². The van der Waals surface area contributed by atoms with Gasteiger partial charge in [0.2, 0.25) is 11.8 Å². The van der Waals surface area contributed by atoms with Gasteiger partial charge in [0, 0.05) is 31.5 Å². The molecule has 0 atom stereocenters. The SMILES string of the molecule is CCNCCNC(=O)CCNC(=O)C(C)(C)C. The Labute approximate surface area is 104 Å². The van der Waals surface area contributed by atoms with Crippen molar-refractivity contribution in [2.75, 3.05) is 26.2 Å². The summed E-state index contributed by atoms with van der Waals surface area (Å²) in [5.41, 5.74) is -0.401. The number of nitrogens with one attached hydrogen (secondary N) is 3. The van der Waals surface area contributed by atoms with E-state index >= 15 is 0 Å². The van der Waals surface area contributed by atoms with Crippen LogP contribution in [0.1, 0.15) is 34.1 Å². The Morgan fingerprint density at radius 2 is 1.65 bits per heavy atom. The summed E-state index contributed by atoms with van der Waals surface area (Å²) >= 11 is 0. The second-order valence-corrected chi connectivity index (χ2v) is 4.96. The third-order valence-corrected chi connectivity index (χ3v) is 2.19. The molecule has 0 aromatic heterocycles. The van der Waals surface area contributed by atoms with Crippen LogP contribution in [0.5, 0.6) is 0 Å². The molecule has 17 heavy (non-hydrogen) atoms. The minimum atomic E-state index is -0.401. The average molecular weight is 243 g/mol. The normalized spacial score (nSPS) is 11.1. The van der Waals surface area contributed by atoms with Crippen LogP contribution in [0.2, 0.25) is 0 Å². The first-order valence-corrected chi connectivity index (χ1v) is 6.13. The van der Waals surface area contributed by atoms with Crippen LogP contribution in [0.4, 0.5) is 0 Å². The van der Waals surface area contributed by atoms with Gasteiger partial charge in [0.05, 0.1) is 0 Å².